The summed E-state index contributed by atoms with van der Waals surface area (Å²) in [4.78, 5) is 15.7. The van der Waals surface area contributed by atoms with Crippen LogP contribution in [0.5, 0.6) is 5.75 Å². The van der Waals surface area contributed by atoms with Crippen molar-refractivity contribution in [1.82, 2.24) is 19.9 Å². The highest BCUT2D eigenvalue weighted by Crippen LogP contribution is 2.38. The van der Waals surface area contributed by atoms with Gasteiger partial charge < -0.3 is 14.7 Å². The van der Waals surface area contributed by atoms with Crippen LogP contribution in [-0.4, -0.2) is 26.5 Å². The Bertz CT molecular complexity index is 2010. The zero-order chi connectivity index (χ0) is 35.6. The first-order chi connectivity index (χ1) is 24.9. The van der Waals surface area contributed by atoms with Gasteiger partial charge in [0, 0.05) is 27.6 Å². The molecule has 0 saturated heterocycles. The number of rotatable bonds is 17. The van der Waals surface area contributed by atoms with Crippen molar-refractivity contribution in [1.29, 1.82) is 0 Å². The van der Waals surface area contributed by atoms with Crippen LogP contribution in [0, 0.1) is 23.3 Å². The molecular weight excluding hydrogens is 652 g/mol. The van der Waals surface area contributed by atoms with Crippen LogP contribution < -0.4 is 4.74 Å². The molecule has 4 aromatic rings. The number of halogens is 4. The van der Waals surface area contributed by atoms with E-state index in [0.717, 1.165) is 42.2 Å². The minimum absolute atomic E-state index is 0.0402. The van der Waals surface area contributed by atoms with E-state index in [1.165, 1.54) is 63.9 Å². The van der Waals surface area contributed by atoms with Crippen LogP contribution in [0.2, 0.25) is 0 Å². The Morgan fingerprint density at radius 2 is 1.00 bits per heavy atom. The lowest BCUT2D eigenvalue weighted by atomic mass is 10.00. The molecule has 8 bridgehead atoms. The molecule has 0 atom stereocenters. The molecule has 268 valence electrons. The van der Waals surface area contributed by atoms with Gasteiger partial charge in [0.15, 0.2) is 17.4 Å². The smallest absolute Gasteiger partial charge is 0.204 e. The van der Waals surface area contributed by atoms with Gasteiger partial charge in [-0.25, -0.2) is 18.7 Å². The summed E-state index contributed by atoms with van der Waals surface area (Å²) in [6.45, 7) is 2.19. The lowest BCUT2D eigenvalue weighted by molar-refractivity contribution is 0.263. The van der Waals surface area contributed by atoms with Crippen LogP contribution in [0.4, 0.5) is 17.6 Å². The molecule has 51 heavy (non-hydrogen) atoms. The molecule has 5 heterocycles. The van der Waals surface area contributed by atoms with Crippen LogP contribution in [0.25, 0.3) is 45.9 Å². The average molecular weight is 699 g/mol. The molecule has 1 aromatic carbocycles. The van der Waals surface area contributed by atoms with Crippen LogP contribution in [-0.2, 0) is 0 Å². The third-order valence-electron chi connectivity index (χ3n) is 9.40. The van der Waals surface area contributed by atoms with Crippen molar-refractivity contribution in [2.24, 2.45) is 0 Å². The van der Waals surface area contributed by atoms with Crippen molar-refractivity contribution in [3.8, 4) is 5.75 Å². The summed E-state index contributed by atoms with van der Waals surface area (Å²) in [5, 5.41) is 0. The molecule has 3 aromatic heterocycles. The Balaban J connectivity index is 1.13. The van der Waals surface area contributed by atoms with Crippen molar-refractivity contribution < 1.29 is 22.3 Å². The number of aromatic nitrogens is 4. The first-order valence-electron chi connectivity index (χ1n) is 18.5. The first-order valence-corrected chi connectivity index (χ1v) is 18.5. The van der Waals surface area contributed by atoms with Crippen molar-refractivity contribution in [2.75, 3.05) is 6.61 Å². The molecule has 0 aliphatic carbocycles. The number of hydrogen-bond acceptors (Lipinski definition) is 3. The van der Waals surface area contributed by atoms with E-state index < -0.39 is 34.6 Å². The maximum absolute atomic E-state index is 15.7. The zero-order valence-electron chi connectivity index (χ0n) is 29.3. The van der Waals surface area contributed by atoms with E-state index in [4.69, 9.17) is 4.74 Å². The number of hydrogen-bond donors (Lipinski definition) is 2. The van der Waals surface area contributed by atoms with Gasteiger partial charge in [-0.05, 0) is 73.2 Å². The topological polar surface area (TPSA) is 66.6 Å². The predicted octanol–water partition coefficient (Wildman–Crippen LogP) is 12.5. The number of H-pyrrole nitrogens is 2. The normalized spacial score (nSPS) is 12.5. The Morgan fingerprint density at radius 1 is 0.529 bits per heavy atom. The van der Waals surface area contributed by atoms with Gasteiger partial charge in [-0.1, -0.05) is 90.4 Å². The highest BCUT2D eigenvalue weighted by molar-refractivity contribution is 5.94. The molecular formula is C42H46F4N4O. The van der Waals surface area contributed by atoms with E-state index in [2.05, 4.69) is 26.9 Å². The second-order valence-corrected chi connectivity index (χ2v) is 13.5. The molecule has 0 unspecified atom stereocenters. The predicted molar refractivity (Wildman–Crippen MR) is 199 cm³/mol. The molecule has 2 N–H and O–H groups in total. The fourth-order valence-corrected chi connectivity index (χ4v) is 6.66. The first kappa shape index (κ1) is 36.1. The molecule has 0 saturated carbocycles. The highest BCUT2D eigenvalue weighted by Gasteiger charge is 2.30. The largest absolute Gasteiger partial charge is 0.487 e. The van der Waals surface area contributed by atoms with E-state index in [0.29, 0.717) is 29.0 Å². The number of ether oxygens (including phenoxy) is 1. The number of unbranched alkanes of at least 4 members (excludes halogenated alkanes) is 13. The summed E-state index contributed by atoms with van der Waals surface area (Å²) in [6.07, 6.45) is 21.2. The number of aromatic amines is 2. The minimum Gasteiger partial charge on any atom is -0.487 e. The van der Waals surface area contributed by atoms with E-state index in [1.807, 2.05) is 36.4 Å². The summed E-state index contributed by atoms with van der Waals surface area (Å²) >= 11 is 0. The Labute approximate surface area is 296 Å². The second kappa shape index (κ2) is 17.5. The Hall–Kier alpha value is -4.66. The summed E-state index contributed by atoms with van der Waals surface area (Å²) < 4.78 is 67.6. The average Bonchev–Trinajstić information content (AvgIpc) is 3.93. The Kier molecular flexibility index (Phi) is 12.4. The van der Waals surface area contributed by atoms with E-state index >= 15 is 17.6 Å². The van der Waals surface area contributed by atoms with Crippen molar-refractivity contribution in [3.63, 3.8) is 0 Å². The van der Waals surface area contributed by atoms with Gasteiger partial charge in [0.1, 0.15) is 0 Å². The number of fused-ring (bicyclic) bond motifs is 8. The maximum atomic E-state index is 15.7. The lowest BCUT2D eigenvalue weighted by Gasteiger charge is -2.14. The van der Waals surface area contributed by atoms with Crippen molar-refractivity contribution >= 4 is 45.9 Å². The monoisotopic (exact) mass is 698 g/mol. The van der Waals surface area contributed by atoms with E-state index in [-0.39, 0.29) is 17.9 Å². The number of benzene rings is 1. The van der Waals surface area contributed by atoms with Crippen LogP contribution >= 0.6 is 0 Å². The van der Waals surface area contributed by atoms with Crippen LogP contribution in [0.15, 0.2) is 48.5 Å². The third-order valence-corrected chi connectivity index (χ3v) is 9.40. The number of nitrogens with zero attached hydrogens (tertiary/aromatic N) is 2. The molecule has 6 rings (SSSR count). The molecule has 0 fully saturated rings. The van der Waals surface area contributed by atoms with Crippen LogP contribution in [0.3, 0.4) is 0 Å². The zero-order valence-corrected chi connectivity index (χ0v) is 29.3. The van der Waals surface area contributed by atoms with Gasteiger partial charge >= 0.3 is 0 Å². The molecule has 2 aliphatic rings. The van der Waals surface area contributed by atoms with Crippen LogP contribution in [0.1, 0.15) is 125 Å². The second-order valence-electron chi connectivity index (χ2n) is 13.5. The van der Waals surface area contributed by atoms with Crippen molar-refractivity contribution in [3.05, 3.63) is 100 Å². The van der Waals surface area contributed by atoms with Gasteiger partial charge in [0.2, 0.25) is 11.6 Å². The SMILES string of the molecule is CCCCCCCCCCCCCCCCOc1c(F)c(F)c(C2=Cc3cc4ccc(cc5ccc(cc6nc(cc2n3)C=C6)[nH]5)[nH]4)c(F)c1F. The highest BCUT2D eigenvalue weighted by atomic mass is 19.2. The summed E-state index contributed by atoms with van der Waals surface area (Å²) in [5.41, 5.74) is 3.86. The Morgan fingerprint density at radius 3 is 1.55 bits per heavy atom. The van der Waals surface area contributed by atoms with Gasteiger partial charge in [-0.15, -0.1) is 0 Å². The molecule has 0 spiro atoms. The summed E-state index contributed by atoms with van der Waals surface area (Å²) in [7, 11) is 0. The summed E-state index contributed by atoms with van der Waals surface area (Å²) in [6, 6.07) is 14.6. The molecule has 9 heteroatoms. The quantitative estimate of drug-likeness (QED) is 0.0566. The standard InChI is InChI=1S/C42H46F4N4O/c1-2-3-4-5-6-7-8-9-10-11-12-13-14-15-22-51-42-40(45)38(43)37(39(44)41(42)46)35-26-34-25-32-19-18-30(48-32)23-28-16-17-29(47-28)24-31-20-21-33(49-31)27-36(35)50-34/h16-21,23-27,47-48H,2-15,22H2,1H3. The maximum Gasteiger partial charge on any atom is 0.204 e. The molecule has 5 nitrogen and oxygen atoms in total. The fourth-order valence-electron chi connectivity index (χ4n) is 6.66. The van der Waals surface area contributed by atoms with Gasteiger partial charge in [0.05, 0.1) is 34.9 Å². The van der Waals surface area contributed by atoms with Gasteiger partial charge in [-0.2, -0.15) is 8.78 Å². The third kappa shape index (κ3) is 9.37. The minimum atomic E-state index is -1.57. The molecule has 0 radical (unpaired) electrons. The van der Waals surface area contributed by atoms with Gasteiger partial charge in [-0.3, -0.25) is 0 Å². The van der Waals surface area contributed by atoms with Gasteiger partial charge in [0.25, 0.3) is 0 Å². The fraction of sp³-hybridized carbons (Fsp3) is 0.381. The van der Waals surface area contributed by atoms with E-state index in [9.17, 15) is 0 Å². The summed E-state index contributed by atoms with van der Waals surface area (Å²) in [5.74, 6) is -7.24. The van der Waals surface area contributed by atoms with E-state index in [1.54, 1.807) is 24.3 Å². The molecule has 2 aliphatic heterocycles. The number of nitrogens with one attached hydrogen (secondary N) is 2. The van der Waals surface area contributed by atoms with Crippen molar-refractivity contribution in [2.45, 2.75) is 96.8 Å². The lowest BCUT2D eigenvalue weighted by Crippen LogP contribution is -2.09. The molecule has 0 amide bonds.